The number of amides is 1. The van der Waals surface area contributed by atoms with Crippen LogP contribution in [-0.2, 0) is 12.8 Å². The van der Waals surface area contributed by atoms with Crippen molar-refractivity contribution in [3.05, 3.63) is 197 Å². The van der Waals surface area contributed by atoms with E-state index in [1.807, 2.05) is 24.3 Å². The van der Waals surface area contributed by atoms with Crippen LogP contribution in [0.4, 0.5) is 13.2 Å². The molecule has 4 N–H and O–H groups in total. The molecule has 0 spiro atoms. The Kier molecular flexibility index (Phi) is 18.4. The fraction of sp³-hybridized carbons (Fsp3) is 0.276. The third-order valence-corrected chi connectivity index (χ3v) is 11.1. The zero-order valence-corrected chi connectivity index (χ0v) is 42.1. The van der Waals surface area contributed by atoms with E-state index in [-0.39, 0.29) is 55.8 Å². The van der Waals surface area contributed by atoms with E-state index in [0.717, 1.165) is 31.9 Å². The van der Waals surface area contributed by atoms with Gasteiger partial charge in [0.2, 0.25) is 0 Å². The largest absolute Gasteiger partial charge is 0.478 e. The first kappa shape index (κ1) is 54.9. The Morgan fingerprint density at radius 1 is 0.535 bits per heavy atom. The van der Waals surface area contributed by atoms with E-state index in [2.05, 4.69) is 112 Å². The van der Waals surface area contributed by atoms with Crippen LogP contribution in [0, 0.1) is 28.3 Å². The number of hydrogen-bond acceptors (Lipinski definition) is 7. The molecule has 8 aromatic rings. The number of carbonyl (C=O) groups is 3. The van der Waals surface area contributed by atoms with Crippen molar-refractivity contribution in [3.8, 4) is 0 Å². The van der Waals surface area contributed by atoms with Crippen LogP contribution in [0.1, 0.15) is 110 Å². The van der Waals surface area contributed by atoms with E-state index in [1.54, 1.807) is 36.4 Å². The number of carboxylic acids is 1. The van der Waals surface area contributed by atoms with Crippen molar-refractivity contribution in [2.75, 3.05) is 0 Å². The van der Waals surface area contributed by atoms with Gasteiger partial charge in [0, 0.05) is 45.8 Å². The molecule has 0 aliphatic heterocycles. The van der Waals surface area contributed by atoms with Crippen molar-refractivity contribution in [2.24, 2.45) is 16.6 Å². The second-order valence-electron chi connectivity index (χ2n) is 20.7. The van der Waals surface area contributed by atoms with Crippen molar-refractivity contribution in [3.63, 3.8) is 0 Å². The van der Waals surface area contributed by atoms with Crippen molar-refractivity contribution >= 4 is 61.4 Å². The summed E-state index contributed by atoms with van der Waals surface area (Å²) in [5.41, 5.74) is 10.1. The first-order chi connectivity index (χ1) is 33.3. The summed E-state index contributed by atoms with van der Waals surface area (Å²) in [5, 5.41) is 13.0. The maximum absolute atomic E-state index is 13.9. The highest BCUT2D eigenvalue weighted by molar-refractivity contribution is 6.67. The summed E-state index contributed by atoms with van der Waals surface area (Å²) in [6.45, 7) is 17.5. The normalized spacial score (nSPS) is 13.0. The zero-order chi connectivity index (χ0) is 52.1. The van der Waals surface area contributed by atoms with E-state index < -0.39 is 28.4 Å². The number of fused-ring (bicyclic) bond motifs is 3. The molecule has 1 amide bonds. The number of aromatic carboxylic acids is 1. The lowest BCUT2D eigenvalue weighted by Gasteiger charge is -2.37. The summed E-state index contributed by atoms with van der Waals surface area (Å²) in [7, 11) is 0. The lowest BCUT2D eigenvalue weighted by molar-refractivity contribution is 0.0695. The second-order valence-corrected chi connectivity index (χ2v) is 21.0. The van der Waals surface area contributed by atoms with E-state index in [4.69, 9.17) is 22.4 Å². The maximum atomic E-state index is 13.9. The van der Waals surface area contributed by atoms with Gasteiger partial charge in [0.1, 0.15) is 34.0 Å². The molecule has 0 saturated heterocycles. The molecule has 0 saturated carbocycles. The number of carbonyl (C=O) groups excluding carboxylic acids is 2. The fourth-order valence-electron chi connectivity index (χ4n) is 8.77. The maximum Gasteiger partial charge on any atom is 0.337 e. The number of carboxylic acid groups (broad SMARTS) is 1. The van der Waals surface area contributed by atoms with Gasteiger partial charge in [0.15, 0.2) is 0 Å². The number of pyridine rings is 3. The van der Waals surface area contributed by atoms with E-state index in [9.17, 15) is 27.6 Å². The summed E-state index contributed by atoms with van der Waals surface area (Å²) in [6.07, 6.45) is 7.39. The van der Waals surface area contributed by atoms with Crippen LogP contribution in [0.2, 0.25) is 0 Å². The summed E-state index contributed by atoms with van der Waals surface area (Å²) in [6, 6.07) is 39.0. The Morgan fingerprint density at radius 2 is 0.915 bits per heavy atom. The number of rotatable bonds is 10. The molecule has 5 aromatic carbocycles. The molecule has 8 rings (SSSR count). The lowest BCUT2D eigenvalue weighted by atomic mass is 9.77. The minimum atomic E-state index is -1.07. The third kappa shape index (κ3) is 17.1. The van der Waals surface area contributed by atoms with Crippen LogP contribution < -0.4 is 11.1 Å². The molecule has 0 aliphatic carbocycles. The molecule has 3 heterocycles. The molecule has 2 atom stereocenters. The summed E-state index contributed by atoms with van der Waals surface area (Å²) in [5.74, 6) is -2.49. The van der Waals surface area contributed by atoms with Crippen molar-refractivity contribution in [1.82, 2.24) is 20.3 Å². The van der Waals surface area contributed by atoms with Crippen LogP contribution in [0.5, 0.6) is 0 Å². The highest BCUT2D eigenvalue weighted by Gasteiger charge is 2.32. The first-order valence-electron chi connectivity index (χ1n) is 23.1. The summed E-state index contributed by atoms with van der Waals surface area (Å²) >= 11 is 5.27. The van der Waals surface area contributed by atoms with Crippen LogP contribution >= 0.6 is 11.6 Å². The van der Waals surface area contributed by atoms with Gasteiger partial charge < -0.3 is 16.2 Å². The number of nitrogens with one attached hydrogen (secondary N) is 1. The number of hydrogen-bond donors (Lipinski definition) is 3. The fourth-order valence-corrected chi connectivity index (χ4v) is 8.87. The van der Waals surface area contributed by atoms with Crippen molar-refractivity contribution < 1.29 is 32.7 Å². The molecule has 370 valence electrons. The molecule has 0 radical (unpaired) electrons. The molecule has 0 unspecified atom stereocenters. The molecular formula is C58H61ClF3N5O4. The van der Waals surface area contributed by atoms with Gasteiger partial charge in [-0.3, -0.25) is 24.5 Å². The SMILES string of the molecule is CC(C)(C)C[C@@](C)(N)Cc1ccccc1.CC(C)(C)C[C@](C)(Cc1ccccc1)NC(=O)c1cnc2c(F)cccc2c1.O=C(Cl)c1cnc2c(F)cccc2c1.O=C(O)c1cnc2c(F)cccc2c1. The number of halogens is 4. The lowest BCUT2D eigenvalue weighted by Crippen LogP contribution is -2.50. The quantitative estimate of drug-likeness (QED) is 0.115. The zero-order valence-electron chi connectivity index (χ0n) is 41.4. The Balaban J connectivity index is 0.000000186. The number of benzene rings is 5. The molecule has 13 heteroatoms. The summed E-state index contributed by atoms with van der Waals surface area (Å²) in [4.78, 5) is 46.1. The Labute approximate surface area is 418 Å². The van der Waals surface area contributed by atoms with Crippen molar-refractivity contribution in [2.45, 2.75) is 92.2 Å². The predicted octanol–water partition coefficient (Wildman–Crippen LogP) is 13.7. The monoisotopic (exact) mass is 983 g/mol. The molecular weight excluding hydrogens is 923 g/mol. The van der Waals surface area contributed by atoms with Crippen LogP contribution in [0.3, 0.4) is 0 Å². The standard InChI is InChI=1S/C24H27FN2O.C14H23N.C10H5ClFNO.C10H6FNO2/c1-23(2,3)16-24(4,14-17-9-6-5-7-10-17)27-22(28)19-13-18-11-8-12-20(25)21(18)26-15-19;1-13(2,3)11-14(4,15)10-12-8-6-5-7-9-12;11-10(14)7-4-6-2-1-3-8(12)9(6)13-5-7;11-8-3-1-2-6-4-7(10(13)14)5-12-9(6)8/h5-13,15H,14,16H2,1-4H3,(H,27,28);5-9H,10-11,15H2,1-4H3;1-5H;1-5H,(H,13,14)/t24-;14-;;/m00../s1. The Bertz CT molecular complexity index is 3010. The molecule has 71 heavy (non-hydrogen) atoms. The van der Waals surface area contributed by atoms with Crippen molar-refractivity contribution in [1.29, 1.82) is 0 Å². The average Bonchev–Trinajstić information content (AvgIpc) is 3.28. The van der Waals surface area contributed by atoms with Gasteiger partial charge >= 0.3 is 5.97 Å². The molecule has 0 aliphatic rings. The first-order valence-corrected chi connectivity index (χ1v) is 23.4. The number of para-hydroxylation sites is 3. The summed E-state index contributed by atoms with van der Waals surface area (Å²) < 4.78 is 40.1. The molecule has 0 fully saturated rings. The van der Waals surface area contributed by atoms with Gasteiger partial charge in [0.05, 0.1) is 16.7 Å². The average molecular weight is 985 g/mol. The van der Waals surface area contributed by atoms with Gasteiger partial charge in [0.25, 0.3) is 11.1 Å². The smallest absolute Gasteiger partial charge is 0.337 e. The van der Waals surface area contributed by atoms with Gasteiger partial charge in [-0.1, -0.05) is 139 Å². The number of nitrogens with two attached hydrogens (primary N) is 1. The van der Waals surface area contributed by atoms with Gasteiger partial charge in [-0.15, -0.1) is 0 Å². The van der Waals surface area contributed by atoms with E-state index in [1.165, 1.54) is 59.9 Å². The van der Waals surface area contributed by atoms with Gasteiger partial charge in [-0.05, 0) is 109 Å². The van der Waals surface area contributed by atoms with Gasteiger partial charge in [-0.2, -0.15) is 0 Å². The highest BCUT2D eigenvalue weighted by Crippen LogP contribution is 2.31. The Morgan fingerprint density at radius 3 is 1.32 bits per heavy atom. The minimum Gasteiger partial charge on any atom is -0.478 e. The number of nitrogens with zero attached hydrogens (tertiary/aromatic N) is 3. The van der Waals surface area contributed by atoms with Crippen LogP contribution in [-0.4, -0.2) is 48.3 Å². The van der Waals surface area contributed by atoms with Crippen LogP contribution in [0.25, 0.3) is 32.7 Å². The third-order valence-electron chi connectivity index (χ3n) is 10.9. The predicted molar refractivity (Wildman–Crippen MR) is 279 cm³/mol. The van der Waals surface area contributed by atoms with Crippen LogP contribution in [0.15, 0.2) is 152 Å². The highest BCUT2D eigenvalue weighted by atomic mass is 35.5. The molecule has 3 aromatic heterocycles. The van der Waals surface area contributed by atoms with E-state index >= 15 is 0 Å². The van der Waals surface area contributed by atoms with Gasteiger partial charge in [-0.25, -0.2) is 18.0 Å². The minimum absolute atomic E-state index is 0.0432. The molecule has 9 nitrogen and oxygen atoms in total. The number of aromatic nitrogens is 3. The molecule has 0 bridgehead atoms. The topological polar surface area (TPSA) is 148 Å². The van der Waals surface area contributed by atoms with E-state index in [0.29, 0.717) is 21.7 Å². The second kappa shape index (κ2) is 23.7. The Hall–Kier alpha value is -7.02.